The van der Waals surface area contributed by atoms with Crippen LogP contribution in [0.2, 0.25) is 0 Å². The second-order valence-corrected chi connectivity index (χ2v) is 12.6. The monoisotopic (exact) mass is 602 g/mol. The van der Waals surface area contributed by atoms with Gasteiger partial charge in [0, 0.05) is 31.8 Å². The Morgan fingerprint density at radius 2 is 1.07 bits per heavy atom. The van der Waals surface area contributed by atoms with Crippen LogP contribution >= 0.6 is 0 Å². The number of aliphatic hydroxyl groups is 2. The van der Waals surface area contributed by atoms with E-state index in [2.05, 4.69) is 13.8 Å². The first-order chi connectivity index (χ1) is 20.3. The second-order valence-electron chi connectivity index (χ2n) is 12.6. The summed E-state index contributed by atoms with van der Waals surface area (Å²) < 4.78 is 24.4. The van der Waals surface area contributed by atoms with Crippen molar-refractivity contribution in [1.82, 2.24) is 0 Å². The van der Waals surface area contributed by atoms with Crippen molar-refractivity contribution in [1.29, 1.82) is 0 Å². The van der Waals surface area contributed by atoms with Crippen LogP contribution in [0.4, 0.5) is 0 Å². The predicted molar refractivity (Wildman–Crippen MR) is 168 cm³/mol. The lowest BCUT2D eigenvalue weighted by atomic mass is 9.84. The van der Waals surface area contributed by atoms with Gasteiger partial charge in [0.15, 0.2) is 6.29 Å². The molecule has 1 saturated heterocycles. The second kappa shape index (κ2) is 22.2. The molecule has 10 nitrogen and oxygen atoms in total. The molecular formula is C32H66N4O6. The smallest absolute Gasteiger partial charge is 0.176 e. The molecule has 0 aromatic carbocycles. The third kappa shape index (κ3) is 12.9. The van der Waals surface area contributed by atoms with Gasteiger partial charge < -0.3 is 52.1 Å². The summed E-state index contributed by atoms with van der Waals surface area (Å²) >= 11 is 0. The summed E-state index contributed by atoms with van der Waals surface area (Å²) in [4.78, 5) is 0. The fourth-order valence-corrected chi connectivity index (χ4v) is 6.21. The molecule has 1 aliphatic heterocycles. The highest BCUT2D eigenvalue weighted by atomic mass is 16.7. The summed E-state index contributed by atoms with van der Waals surface area (Å²) in [5.41, 5.74) is 25.2. The Balaban J connectivity index is 1.83. The minimum atomic E-state index is -1.03. The van der Waals surface area contributed by atoms with Crippen molar-refractivity contribution < 1.29 is 29.2 Å². The first kappa shape index (κ1) is 37.8. The van der Waals surface area contributed by atoms with E-state index in [1.165, 1.54) is 77.0 Å². The summed E-state index contributed by atoms with van der Waals surface area (Å²) in [5.74, 6) is 0. The molecule has 0 amide bonds. The molecule has 0 unspecified atom stereocenters. The van der Waals surface area contributed by atoms with E-state index >= 15 is 0 Å². The number of ether oxygens (including phenoxy) is 4. The Bertz CT molecular complexity index is 664. The normalized spacial score (nSPS) is 33.7. The summed E-state index contributed by atoms with van der Waals surface area (Å²) in [6.45, 7) is 5.56. The van der Waals surface area contributed by atoms with Gasteiger partial charge in [-0.05, 0) is 19.3 Å². The van der Waals surface area contributed by atoms with Gasteiger partial charge in [-0.15, -0.1) is 0 Å². The van der Waals surface area contributed by atoms with E-state index in [-0.39, 0.29) is 6.54 Å². The van der Waals surface area contributed by atoms with Gasteiger partial charge in [-0.25, -0.2) is 0 Å². The predicted octanol–water partition coefficient (Wildman–Crippen LogP) is 3.21. The van der Waals surface area contributed by atoms with Crippen molar-refractivity contribution in [2.75, 3.05) is 19.8 Å². The zero-order valence-corrected chi connectivity index (χ0v) is 26.8. The Morgan fingerprint density at radius 1 is 0.619 bits per heavy atom. The lowest BCUT2D eigenvalue weighted by Gasteiger charge is -2.47. The molecule has 1 aliphatic carbocycles. The molecule has 0 aromatic rings. The molecule has 0 aromatic heterocycles. The van der Waals surface area contributed by atoms with Gasteiger partial charge in [0.1, 0.15) is 36.6 Å². The van der Waals surface area contributed by atoms with Crippen LogP contribution in [-0.2, 0) is 18.9 Å². The summed E-state index contributed by atoms with van der Waals surface area (Å²) in [6, 6.07) is -1.69. The number of rotatable bonds is 23. The van der Waals surface area contributed by atoms with Gasteiger partial charge in [0.25, 0.3) is 0 Å². The van der Waals surface area contributed by atoms with Crippen LogP contribution in [0.25, 0.3) is 0 Å². The Labute approximate surface area is 255 Å². The van der Waals surface area contributed by atoms with Crippen molar-refractivity contribution in [3.05, 3.63) is 0 Å². The zero-order valence-electron chi connectivity index (χ0n) is 26.8. The van der Waals surface area contributed by atoms with E-state index < -0.39 is 61.0 Å². The highest BCUT2D eigenvalue weighted by molar-refractivity contribution is 5.00. The van der Waals surface area contributed by atoms with E-state index in [1.54, 1.807) is 0 Å². The van der Waals surface area contributed by atoms with Crippen LogP contribution in [0.15, 0.2) is 0 Å². The maximum absolute atomic E-state index is 11.2. The third-order valence-corrected chi connectivity index (χ3v) is 8.92. The molecule has 2 aliphatic rings. The number of nitrogens with two attached hydrogens (primary N) is 4. The average Bonchev–Trinajstić information content (AvgIpc) is 2.97. The fraction of sp³-hybridized carbons (Fsp3) is 1.00. The Kier molecular flexibility index (Phi) is 19.9. The molecule has 10 N–H and O–H groups in total. The lowest BCUT2D eigenvalue weighted by Crippen LogP contribution is -2.68. The highest BCUT2D eigenvalue weighted by Crippen LogP contribution is 2.29. The zero-order chi connectivity index (χ0) is 30.7. The molecule has 1 saturated carbocycles. The van der Waals surface area contributed by atoms with Crippen LogP contribution in [-0.4, -0.2) is 91.0 Å². The van der Waals surface area contributed by atoms with Gasteiger partial charge in [0.05, 0.1) is 6.04 Å². The minimum absolute atomic E-state index is 0.0832. The van der Waals surface area contributed by atoms with Gasteiger partial charge >= 0.3 is 0 Å². The quantitative estimate of drug-likeness (QED) is 0.0950. The topological polar surface area (TPSA) is 181 Å². The van der Waals surface area contributed by atoms with Crippen LogP contribution < -0.4 is 22.9 Å². The van der Waals surface area contributed by atoms with E-state index in [9.17, 15) is 10.2 Å². The van der Waals surface area contributed by atoms with Gasteiger partial charge in [-0.3, -0.25) is 0 Å². The molecule has 0 bridgehead atoms. The molecule has 250 valence electrons. The molecule has 2 rings (SSSR count). The largest absolute Gasteiger partial charge is 0.388 e. The van der Waals surface area contributed by atoms with Crippen molar-refractivity contribution in [3.63, 3.8) is 0 Å². The number of aliphatic hydroxyl groups excluding tert-OH is 2. The van der Waals surface area contributed by atoms with E-state index in [0.717, 1.165) is 25.7 Å². The Hall–Kier alpha value is -0.400. The number of hydrogen-bond acceptors (Lipinski definition) is 10. The summed E-state index contributed by atoms with van der Waals surface area (Å²) in [7, 11) is 0. The van der Waals surface area contributed by atoms with Crippen LogP contribution in [0.3, 0.4) is 0 Å². The summed E-state index contributed by atoms with van der Waals surface area (Å²) in [5, 5.41) is 22.1. The highest BCUT2D eigenvalue weighted by Gasteiger charge is 2.49. The van der Waals surface area contributed by atoms with E-state index in [0.29, 0.717) is 19.6 Å². The molecular weight excluding hydrogens is 536 g/mol. The molecule has 0 spiro atoms. The maximum atomic E-state index is 11.2. The first-order valence-electron chi connectivity index (χ1n) is 17.2. The fourth-order valence-electron chi connectivity index (χ4n) is 6.21. The van der Waals surface area contributed by atoms with Gasteiger partial charge in [-0.1, -0.05) is 104 Å². The third-order valence-electron chi connectivity index (χ3n) is 8.92. The molecule has 10 heteroatoms. The number of unbranched alkanes of at least 4 members (excludes halogenated alkanes) is 14. The van der Waals surface area contributed by atoms with Crippen LogP contribution in [0, 0.1) is 0 Å². The molecule has 10 atom stereocenters. The molecule has 2 fully saturated rings. The Morgan fingerprint density at radius 3 is 1.57 bits per heavy atom. The number of hydrogen-bond donors (Lipinski definition) is 6. The molecule has 1 heterocycles. The van der Waals surface area contributed by atoms with E-state index in [4.69, 9.17) is 41.9 Å². The van der Waals surface area contributed by atoms with Crippen LogP contribution in [0.1, 0.15) is 123 Å². The summed E-state index contributed by atoms with van der Waals surface area (Å²) in [6.07, 6.45) is 13.8. The first-order valence-corrected chi connectivity index (χ1v) is 17.2. The van der Waals surface area contributed by atoms with Crippen molar-refractivity contribution in [2.24, 2.45) is 22.9 Å². The SMILES string of the molecule is CCCCCCCCCCO[C@@H]1[C@@H](N)[C@@H](O[C@H]2[C@H](O)[C@@H](OCCCCCCCCCC)[C@H](N)C[C@@H]2N)O[C@H](CN)[C@H]1O. The molecule has 42 heavy (non-hydrogen) atoms. The molecule has 0 radical (unpaired) electrons. The van der Waals surface area contributed by atoms with Gasteiger partial charge in [0.2, 0.25) is 0 Å². The van der Waals surface area contributed by atoms with Crippen molar-refractivity contribution in [3.8, 4) is 0 Å². The standard InChI is InChI=1S/C32H66N4O6/c1-3-5-7-9-11-13-15-17-19-39-29-23(34)21-24(35)30(28(29)38)42-32-26(36)31(27(37)25(22-33)41-32)40-20-18-16-14-12-10-8-6-4-2/h23-32,37-38H,3-22,33-36H2,1-2H3/t23-,24+,25-,26-,27-,28-,29+,30-,31-,32-/m1/s1. The van der Waals surface area contributed by atoms with Crippen LogP contribution in [0.5, 0.6) is 0 Å². The maximum Gasteiger partial charge on any atom is 0.176 e. The minimum Gasteiger partial charge on any atom is -0.388 e. The van der Waals surface area contributed by atoms with Crippen molar-refractivity contribution >= 4 is 0 Å². The van der Waals surface area contributed by atoms with Crippen molar-refractivity contribution in [2.45, 2.75) is 184 Å². The lowest BCUT2D eigenvalue weighted by molar-refractivity contribution is -0.294. The van der Waals surface area contributed by atoms with Gasteiger partial charge in [-0.2, -0.15) is 0 Å². The van der Waals surface area contributed by atoms with E-state index in [1.807, 2.05) is 0 Å². The average molecular weight is 603 g/mol.